The first-order valence-electron chi connectivity index (χ1n) is 4.31. The molecule has 5 nitrogen and oxygen atoms in total. The summed E-state index contributed by atoms with van der Waals surface area (Å²) in [6.07, 6.45) is 0. The monoisotopic (exact) mass is 208 g/mol. The van der Waals surface area contributed by atoms with Gasteiger partial charge in [0.15, 0.2) is 0 Å². The fourth-order valence-corrected chi connectivity index (χ4v) is 0.929. The number of nitrogens with one attached hydrogen (secondary N) is 1. The van der Waals surface area contributed by atoms with Gasteiger partial charge in [-0.15, -0.1) is 0 Å². The van der Waals surface area contributed by atoms with Crippen LogP contribution in [0.15, 0.2) is 29.4 Å². The number of carboxylic acid groups (broad SMARTS) is 1. The molecule has 0 heterocycles. The summed E-state index contributed by atoms with van der Waals surface area (Å²) in [6.45, 7) is 1.41. The quantitative estimate of drug-likeness (QED) is 0.582. The number of rotatable bonds is 4. The van der Waals surface area contributed by atoms with Crippen molar-refractivity contribution in [2.45, 2.75) is 6.92 Å². The molecule has 0 aliphatic carbocycles. The molecular weight excluding hydrogens is 196 g/mol. The number of ether oxygens (including phenoxy) is 1. The Hall–Kier alpha value is -2.04. The Bertz CT molecular complexity index is 388. The van der Waals surface area contributed by atoms with Gasteiger partial charge in [0.2, 0.25) is 0 Å². The van der Waals surface area contributed by atoms with Crippen LogP contribution in [0.4, 0.5) is 5.69 Å². The number of hydrogen-bond acceptors (Lipinski definition) is 4. The summed E-state index contributed by atoms with van der Waals surface area (Å²) < 4.78 is 5.06. The number of methoxy groups -OCH3 is 1. The number of anilines is 1. The van der Waals surface area contributed by atoms with E-state index in [4.69, 9.17) is 9.84 Å². The van der Waals surface area contributed by atoms with E-state index in [0.29, 0.717) is 11.4 Å². The van der Waals surface area contributed by atoms with Crippen LogP contribution >= 0.6 is 0 Å². The van der Waals surface area contributed by atoms with Crippen molar-refractivity contribution in [1.29, 1.82) is 0 Å². The summed E-state index contributed by atoms with van der Waals surface area (Å²) in [7, 11) is 1.54. The van der Waals surface area contributed by atoms with Crippen molar-refractivity contribution < 1.29 is 14.6 Å². The second-order valence-corrected chi connectivity index (χ2v) is 2.81. The number of aliphatic carboxylic acids is 1. The van der Waals surface area contributed by atoms with Crippen LogP contribution in [0.1, 0.15) is 6.92 Å². The lowest BCUT2D eigenvalue weighted by molar-refractivity contribution is -0.129. The predicted octanol–water partition coefficient (Wildman–Crippen LogP) is 1.57. The Morgan fingerprint density at radius 1 is 1.47 bits per heavy atom. The van der Waals surface area contributed by atoms with Gasteiger partial charge < -0.3 is 9.84 Å². The topological polar surface area (TPSA) is 70.9 Å². The summed E-state index contributed by atoms with van der Waals surface area (Å²) in [6, 6.07) is 7.12. The maximum absolute atomic E-state index is 10.5. The Labute approximate surface area is 87.4 Å². The third-order valence-electron chi connectivity index (χ3n) is 1.76. The molecule has 1 rings (SSSR count). The smallest absolute Gasteiger partial charge is 0.351 e. The van der Waals surface area contributed by atoms with Gasteiger partial charge in [-0.05, 0) is 19.1 Å². The van der Waals surface area contributed by atoms with E-state index in [0.717, 1.165) is 0 Å². The molecule has 15 heavy (non-hydrogen) atoms. The fourth-order valence-electron chi connectivity index (χ4n) is 0.929. The molecule has 0 unspecified atom stereocenters. The number of para-hydroxylation sites is 2. The summed E-state index contributed by atoms with van der Waals surface area (Å²) >= 11 is 0. The van der Waals surface area contributed by atoms with Crippen molar-refractivity contribution in [3.8, 4) is 5.75 Å². The first-order chi connectivity index (χ1) is 7.15. The number of carboxylic acids is 1. The average molecular weight is 208 g/mol. The highest BCUT2D eigenvalue weighted by molar-refractivity contribution is 6.34. The van der Waals surface area contributed by atoms with E-state index in [2.05, 4.69) is 10.5 Å². The van der Waals surface area contributed by atoms with Gasteiger partial charge in [-0.2, -0.15) is 5.10 Å². The molecule has 0 bridgehead atoms. The Kier molecular flexibility index (Phi) is 3.68. The summed E-state index contributed by atoms with van der Waals surface area (Å²) in [5.41, 5.74) is 3.24. The molecule has 0 aliphatic rings. The van der Waals surface area contributed by atoms with E-state index in [1.165, 1.54) is 14.0 Å². The minimum atomic E-state index is -1.06. The second-order valence-electron chi connectivity index (χ2n) is 2.81. The molecule has 0 aliphatic heterocycles. The molecule has 0 saturated heterocycles. The molecule has 0 radical (unpaired) electrons. The molecule has 1 aromatic carbocycles. The van der Waals surface area contributed by atoms with Gasteiger partial charge in [0, 0.05) is 0 Å². The zero-order valence-electron chi connectivity index (χ0n) is 8.52. The highest BCUT2D eigenvalue weighted by atomic mass is 16.5. The molecule has 5 heteroatoms. The van der Waals surface area contributed by atoms with Crippen molar-refractivity contribution in [1.82, 2.24) is 0 Å². The van der Waals surface area contributed by atoms with E-state index < -0.39 is 5.97 Å². The maximum Gasteiger partial charge on any atom is 0.351 e. The van der Waals surface area contributed by atoms with E-state index in [9.17, 15) is 4.79 Å². The largest absolute Gasteiger partial charge is 0.495 e. The number of nitrogens with zero attached hydrogens (tertiary/aromatic N) is 1. The lowest BCUT2D eigenvalue weighted by Crippen LogP contribution is -2.10. The summed E-state index contributed by atoms with van der Waals surface area (Å²) in [5, 5.41) is 12.3. The zero-order valence-corrected chi connectivity index (χ0v) is 8.52. The van der Waals surface area contributed by atoms with Gasteiger partial charge in [-0.1, -0.05) is 12.1 Å². The van der Waals surface area contributed by atoms with Gasteiger partial charge in [-0.25, -0.2) is 4.79 Å². The van der Waals surface area contributed by atoms with E-state index in [1.807, 2.05) is 6.07 Å². The van der Waals surface area contributed by atoms with Crippen molar-refractivity contribution in [2.75, 3.05) is 12.5 Å². The van der Waals surface area contributed by atoms with Crippen LogP contribution in [0.3, 0.4) is 0 Å². The van der Waals surface area contributed by atoms with E-state index in [-0.39, 0.29) is 5.71 Å². The Morgan fingerprint density at radius 3 is 2.73 bits per heavy atom. The SMILES string of the molecule is COc1ccccc1N/N=C(/C)C(=O)O. The number of carbonyl (C=O) groups is 1. The number of hydrazone groups is 1. The van der Waals surface area contributed by atoms with Crippen LogP contribution in [-0.2, 0) is 4.79 Å². The van der Waals surface area contributed by atoms with Crippen LogP contribution in [0.25, 0.3) is 0 Å². The molecular formula is C10H12N2O3. The van der Waals surface area contributed by atoms with Gasteiger partial charge in [-0.3, -0.25) is 5.43 Å². The molecule has 0 amide bonds. The minimum absolute atomic E-state index is 0.0130. The molecule has 80 valence electrons. The van der Waals surface area contributed by atoms with Crippen LogP contribution in [-0.4, -0.2) is 23.9 Å². The van der Waals surface area contributed by atoms with Gasteiger partial charge >= 0.3 is 5.97 Å². The Morgan fingerprint density at radius 2 is 2.13 bits per heavy atom. The van der Waals surface area contributed by atoms with Crippen LogP contribution in [0.2, 0.25) is 0 Å². The first kappa shape index (κ1) is 11.0. The predicted molar refractivity (Wildman–Crippen MR) is 57.4 cm³/mol. The van der Waals surface area contributed by atoms with Crippen LogP contribution in [0.5, 0.6) is 5.75 Å². The van der Waals surface area contributed by atoms with Crippen LogP contribution in [0, 0.1) is 0 Å². The lowest BCUT2D eigenvalue weighted by atomic mass is 10.3. The zero-order chi connectivity index (χ0) is 11.3. The highest BCUT2D eigenvalue weighted by Gasteiger charge is 2.03. The molecule has 0 atom stereocenters. The molecule has 1 aromatic rings. The van der Waals surface area contributed by atoms with E-state index >= 15 is 0 Å². The van der Waals surface area contributed by atoms with E-state index in [1.54, 1.807) is 18.2 Å². The third-order valence-corrected chi connectivity index (χ3v) is 1.76. The van der Waals surface area contributed by atoms with Crippen molar-refractivity contribution in [2.24, 2.45) is 5.10 Å². The Balaban J connectivity index is 2.81. The van der Waals surface area contributed by atoms with Gasteiger partial charge in [0.25, 0.3) is 0 Å². The fraction of sp³-hybridized carbons (Fsp3) is 0.200. The minimum Gasteiger partial charge on any atom is -0.495 e. The van der Waals surface area contributed by atoms with Gasteiger partial charge in [0.1, 0.15) is 11.5 Å². The molecule has 2 N–H and O–H groups in total. The molecule has 0 aromatic heterocycles. The van der Waals surface area contributed by atoms with Crippen LogP contribution < -0.4 is 10.2 Å². The lowest BCUT2D eigenvalue weighted by Gasteiger charge is -2.06. The van der Waals surface area contributed by atoms with Crippen molar-refractivity contribution in [3.63, 3.8) is 0 Å². The highest BCUT2D eigenvalue weighted by Crippen LogP contribution is 2.22. The molecule has 0 saturated carbocycles. The summed E-state index contributed by atoms with van der Waals surface area (Å²) in [4.78, 5) is 10.5. The number of benzene rings is 1. The normalized spacial score (nSPS) is 10.9. The standard InChI is InChI=1S/C10H12N2O3/c1-7(10(13)14)11-12-8-5-3-4-6-9(8)15-2/h3-6,12H,1-2H3,(H,13,14)/b11-7-. The average Bonchev–Trinajstić information content (AvgIpc) is 2.26. The first-order valence-corrected chi connectivity index (χ1v) is 4.31. The van der Waals surface area contributed by atoms with Crippen molar-refractivity contribution >= 4 is 17.4 Å². The molecule has 0 spiro atoms. The van der Waals surface area contributed by atoms with Crippen molar-refractivity contribution in [3.05, 3.63) is 24.3 Å². The number of hydrogen-bond donors (Lipinski definition) is 2. The third kappa shape index (κ3) is 2.98. The second kappa shape index (κ2) is 4.99. The molecule has 0 fully saturated rings. The van der Waals surface area contributed by atoms with Gasteiger partial charge in [0.05, 0.1) is 12.8 Å². The summed E-state index contributed by atoms with van der Waals surface area (Å²) in [5.74, 6) is -0.447. The maximum atomic E-state index is 10.5.